The van der Waals surface area contributed by atoms with Crippen molar-refractivity contribution in [2.75, 3.05) is 0 Å². The number of rotatable bonds is 4. The van der Waals surface area contributed by atoms with E-state index in [1.54, 1.807) is 11.3 Å². The highest BCUT2D eigenvalue weighted by atomic mass is 32.1. The van der Waals surface area contributed by atoms with E-state index in [2.05, 4.69) is 27.8 Å². The average molecular weight is 353 g/mol. The Bertz CT molecular complexity index is 748. The maximum Gasteiger partial charge on any atom is 0.226 e. The van der Waals surface area contributed by atoms with Gasteiger partial charge in [0.2, 0.25) is 5.91 Å². The molecule has 6 rings (SSSR count). The van der Waals surface area contributed by atoms with Gasteiger partial charge < -0.3 is 5.32 Å². The number of nitrogens with zero attached hydrogens (tertiary/aromatic N) is 1. The fraction of sp³-hybridized carbons (Fsp3) is 0.524. The summed E-state index contributed by atoms with van der Waals surface area (Å²) in [5.41, 5.74) is 2.08. The lowest BCUT2D eigenvalue weighted by Gasteiger charge is -2.55. The first-order valence-electron chi connectivity index (χ1n) is 9.47. The fourth-order valence-electron chi connectivity index (χ4n) is 5.90. The Morgan fingerprint density at radius 2 is 1.88 bits per heavy atom. The maximum atomic E-state index is 13.1. The van der Waals surface area contributed by atoms with Crippen molar-refractivity contribution >= 4 is 17.2 Å². The maximum absolute atomic E-state index is 13.1. The van der Waals surface area contributed by atoms with Crippen molar-refractivity contribution in [3.8, 4) is 10.6 Å². The van der Waals surface area contributed by atoms with Crippen LogP contribution in [-0.2, 0) is 11.3 Å². The molecule has 4 aliphatic carbocycles. The minimum atomic E-state index is -0.0572. The summed E-state index contributed by atoms with van der Waals surface area (Å²) in [6.07, 6.45) is 9.36. The Labute approximate surface area is 152 Å². The lowest BCUT2D eigenvalue weighted by molar-refractivity contribution is -0.146. The molecule has 3 nitrogen and oxygen atoms in total. The van der Waals surface area contributed by atoms with Crippen LogP contribution in [0.2, 0.25) is 0 Å². The number of hydrogen-bond donors (Lipinski definition) is 1. The third-order valence-electron chi connectivity index (χ3n) is 6.57. The van der Waals surface area contributed by atoms with E-state index in [0.717, 1.165) is 48.3 Å². The van der Waals surface area contributed by atoms with Crippen molar-refractivity contribution in [1.29, 1.82) is 0 Å². The predicted molar refractivity (Wildman–Crippen MR) is 100 cm³/mol. The van der Waals surface area contributed by atoms with Crippen molar-refractivity contribution < 1.29 is 4.79 Å². The molecule has 4 saturated carbocycles. The number of amides is 1. The molecule has 4 aliphatic rings. The zero-order valence-corrected chi connectivity index (χ0v) is 15.2. The Hall–Kier alpha value is -1.68. The number of pyridine rings is 1. The monoisotopic (exact) mass is 352 g/mol. The van der Waals surface area contributed by atoms with Crippen LogP contribution in [-0.4, -0.2) is 10.9 Å². The van der Waals surface area contributed by atoms with Gasteiger partial charge in [0, 0.05) is 18.2 Å². The van der Waals surface area contributed by atoms with Gasteiger partial charge in [-0.2, -0.15) is 0 Å². The number of hydrogen-bond acceptors (Lipinski definition) is 3. The number of nitrogens with one attached hydrogen (secondary N) is 1. The molecule has 2 heterocycles. The Morgan fingerprint density at radius 1 is 1.16 bits per heavy atom. The molecule has 0 saturated heterocycles. The molecular formula is C21H24N2OS. The van der Waals surface area contributed by atoms with Crippen LogP contribution in [0.3, 0.4) is 0 Å². The van der Waals surface area contributed by atoms with Gasteiger partial charge in [0.25, 0.3) is 0 Å². The molecule has 4 heteroatoms. The van der Waals surface area contributed by atoms with Crippen LogP contribution in [0.4, 0.5) is 0 Å². The zero-order chi connectivity index (χ0) is 16.9. The summed E-state index contributed by atoms with van der Waals surface area (Å²) in [4.78, 5) is 18.7. The summed E-state index contributed by atoms with van der Waals surface area (Å²) >= 11 is 1.70. The van der Waals surface area contributed by atoms with Gasteiger partial charge in [-0.3, -0.25) is 9.78 Å². The summed E-state index contributed by atoms with van der Waals surface area (Å²) in [6, 6.07) is 8.25. The van der Waals surface area contributed by atoms with Crippen LogP contribution in [0.15, 0.2) is 35.8 Å². The van der Waals surface area contributed by atoms with Crippen LogP contribution >= 0.6 is 11.3 Å². The van der Waals surface area contributed by atoms with Gasteiger partial charge in [0.15, 0.2) is 0 Å². The van der Waals surface area contributed by atoms with E-state index >= 15 is 0 Å². The standard InChI is InChI=1S/C21H24N2OS/c24-20(21-10-15-6-16(11-21)8-17(7-15)12-21)23-13-14-3-4-22-18(9-14)19-2-1-5-25-19/h1-5,9,15-17H,6-8,10-13H2,(H,23,24). The fourth-order valence-corrected chi connectivity index (χ4v) is 6.60. The van der Waals surface area contributed by atoms with Gasteiger partial charge in [0.05, 0.1) is 10.6 Å². The van der Waals surface area contributed by atoms with Gasteiger partial charge >= 0.3 is 0 Å². The summed E-state index contributed by atoms with van der Waals surface area (Å²) in [5.74, 6) is 2.73. The smallest absolute Gasteiger partial charge is 0.226 e. The van der Waals surface area contributed by atoms with E-state index in [1.807, 2.05) is 18.3 Å². The molecular weight excluding hydrogens is 328 g/mol. The molecule has 4 bridgehead atoms. The minimum Gasteiger partial charge on any atom is -0.352 e. The minimum absolute atomic E-state index is 0.0572. The zero-order valence-electron chi connectivity index (χ0n) is 14.4. The van der Waals surface area contributed by atoms with Gasteiger partial charge in [-0.05, 0) is 85.4 Å². The first-order chi connectivity index (χ1) is 12.2. The van der Waals surface area contributed by atoms with E-state index < -0.39 is 0 Å². The van der Waals surface area contributed by atoms with E-state index in [9.17, 15) is 4.79 Å². The molecule has 2 aromatic rings. The Kier molecular flexibility index (Phi) is 3.70. The molecule has 0 atom stereocenters. The van der Waals surface area contributed by atoms with E-state index in [-0.39, 0.29) is 5.41 Å². The largest absolute Gasteiger partial charge is 0.352 e. The summed E-state index contributed by atoms with van der Waals surface area (Å²) in [5, 5.41) is 5.33. The molecule has 25 heavy (non-hydrogen) atoms. The molecule has 0 aliphatic heterocycles. The average Bonchev–Trinajstić information content (AvgIpc) is 3.13. The molecule has 0 radical (unpaired) electrons. The molecule has 2 aromatic heterocycles. The van der Waals surface area contributed by atoms with Crippen molar-refractivity contribution in [2.45, 2.75) is 45.1 Å². The predicted octanol–water partition coefficient (Wildman–Crippen LogP) is 4.64. The van der Waals surface area contributed by atoms with Gasteiger partial charge in [-0.25, -0.2) is 0 Å². The SMILES string of the molecule is O=C(NCc1ccnc(-c2cccs2)c1)C12CC3CC(CC(C3)C1)C2. The second-order valence-electron chi connectivity index (χ2n) is 8.41. The second kappa shape index (κ2) is 5.94. The van der Waals surface area contributed by atoms with E-state index in [1.165, 1.54) is 24.1 Å². The molecule has 1 N–H and O–H groups in total. The number of carbonyl (C=O) groups excluding carboxylic acids is 1. The molecule has 1 amide bonds. The van der Waals surface area contributed by atoms with Crippen LogP contribution < -0.4 is 5.32 Å². The van der Waals surface area contributed by atoms with Crippen molar-refractivity contribution in [1.82, 2.24) is 10.3 Å². The highest BCUT2D eigenvalue weighted by Crippen LogP contribution is 2.60. The highest BCUT2D eigenvalue weighted by molar-refractivity contribution is 7.13. The molecule has 0 spiro atoms. The Balaban J connectivity index is 1.29. The summed E-state index contributed by atoms with van der Waals surface area (Å²) in [7, 11) is 0. The first kappa shape index (κ1) is 15.6. The first-order valence-corrected chi connectivity index (χ1v) is 10.4. The molecule has 130 valence electrons. The molecule has 0 unspecified atom stereocenters. The lowest BCUT2D eigenvalue weighted by Crippen LogP contribution is -2.53. The third-order valence-corrected chi connectivity index (χ3v) is 7.46. The third kappa shape index (κ3) is 2.80. The Morgan fingerprint density at radius 3 is 2.52 bits per heavy atom. The van der Waals surface area contributed by atoms with E-state index in [0.29, 0.717) is 12.5 Å². The van der Waals surface area contributed by atoms with E-state index in [4.69, 9.17) is 0 Å². The normalized spacial score (nSPS) is 32.7. The van der Waals surface area contributed by atoms with Gasteiger partial charge in [0.1, 0.15) is 0 Å². The topological polar surface area (TPSA) is 42.0 Å². The summed E-state index contributed by atoms with van der Waals surface area (Å²) in [6.45, 7) is 0.613. The van der Waals surface area contributed by atoms with Crippen LogP contribution in [0, 0.1) is 23.2 Å². The number of thiophene rings is 1. The number of aromatic nitrogens is 1. The molecule has 0 aromatic carbocycles. The lowest BCUT2D eigenvalue weighted by atomic mass is 9.49. The van der Waals surface area contributed by atoms with Gasteiger partial charge in [-0.15, -0.1) is 11.3 Å². The molecule has 4 fully saturated rings. The quantitative estimate of drug-likeness (QED) is 0.871. The van der Waals surface area contributed by atoms with Crippen molar-refractivity contribution in [3.63, 3.8) is 0 Å². The van der Waals surface area contributed by atoms with Gasteiger partial charge in [-0.1, -0.05) is 6.07 Å². The van der Waals surface area contributed by atoms with Crippen molar-refractivity contribution in [3.05, 3.63) is 41.4 Å². The van der Waals surface area contributed by atoms with Crippen LogP contribution in [0.25, 0.3) is 10.6 Å². The van der Waals surface area contributed by atoms with Crippen molar-refractivity contribution in [2.24, 2.45) is 23.2 Å². The number of carbonyl (C=O) groups is 1. The van der Waals surface area contributed by atoms with Crippen LogP contribution in [0.1, 0.15) is 44.1 Å². The highest BCUT2D eigenvalue weighted by Gasteiger charge is 2.54. The second-order valence-corrected chi connectivity index (χ2v) is 9.35. The van der Waals surface area contributed by atoms with Crippen LogP contribution in [0.5, 0.6) is 0 Å². The summed E-state index contributed by atoms with van der Waals surface area (Å²) < 4.78 is 0.